The van der Waals surface area contributed by atoms with Crippen LogP contribution >= 0.6 is 0 Å². The molecule has 1 heteroatoms. The molecule has 0 atom stereocenters. The topological polar surface area (TPSA) is 3.24 Å². The van der Waals surface area contributed by atoms with Gasteiger partial charge in [-0.15, -0.1) is 0 Å². The molecule has 10 aromatic carbocycles. The van der Waals surface area contributed by atoms with Crippen LogP contribution in [0.4, 0.5) is 17.1 Å². The average molecular weight is 648 g/mol. The van der Waals surface area contributed by atoms with E-state index in [1.807, 2.05) is 0 Å². The average Bonchev–Trinajstić information content (AvgIpc) is 3.21. The highest BCUT2D eigenvalue weighted by Crippen LogP contribution is 2.46. The first-order chi connectivity index (χ1) is 25.3. The van der Waals surface area contributed by atoms with E-state index in [2.05, 4.69) is 205 Å². The summed E-state index contributed by atoms with van der Waals surface area (Å²) in [6.45, 7) is 0. The van der Waals surface area contributed by atoms with Crippen LogP contribution in [0, 0.1) is 0 Å². The summed E-state index contributed by atoms with van der Waals surface area (Å²) in [5.74, 6) is 0. The van der Waals surface area contributed by atoms with E-state index < -0.39 is 0 Å². The van der Waals surface area contributed by atoms with E-state index in [1.165, 1.54) is 76.1 Å². The predicted octanol–water partition coefficient (Wildman–Crippen LogP) is 14.3. The van der Waals surface area contributed by atoms with Crippen LogP contribution in [0.1, 0.15) is 0 Å². The third-order valence-electron chi connectivity index (χ3n) is 10.4. The van der Waals surface area contributed by atoms with E-state index in [0.717, 1.165) is 17.1 Å². The van der Waals surface area contributed by atoms with Crippen molar-refractivity contribution in [2.75, 3.05) is 4.90 Å². The molecule has 0 aliphatic carbocycles. The Labute approximate surface area is 297 Å². The minimum atomic E-state index is 1.11. The van der Waals surface area contributed by atoms with Crippen LogP contribution in [0.25, 0.3) is 76.1 Å². The fourth-order valence-corrected chi connectivity index (χ4v) is 7.88. The molecular weight excluding hydrogens is 615 g/mol. The van der Waals surface area contributed by atoms with Crippen molar-refractivity contribution in [1.29, 1.82) is 0 Å². The van der Waals surface area contributed by atoms with Gasteiger partial charge in [0, 0.05) is 22.1 Å². The summed E-state index contributed by atoms with van der Waals surface area (Å²) in [6, 6.07) is 73.1. The number of anilines is 3. The first-order valence-electron chi connectivity index (χ1n) is 17.6. The van der Waals surface area contributed by atoms with Gasteiger partial charge in [0.2, 0.25) is 0 Å². The molecule has 0 saturated heterocycles. The molecule has 0 fully saturated rings. The summed E-state index contributed by atoms with van der Waals surface area (Å²) < 4.78 is 0. The highest BCUT2D eigenvalue weighted by Gasteiger charge is 2.20. The maximum Gasteiger partial charge on any atom is 0.0546 e. The molecule has 0 spiro atoms. The van der Waals surface area contributed by atoms with Crippen LogP contribution in [0.5, 0.6) is 0 Å². The molecule has 0 heterocycles. The lowest BCUT2D eigenvalue weighted by Crippen LogP contribution is -2.10. The Balaban J connectivity index is 1.21. The van der Waals surface area contributed by atoms with Crippen molar-refractivity contribution >= 4 is 70.9 Å². The summed E-state index contributed by atoms with van der Waals surface area (Å²) in [6.07, 6.45) is 0. The van der Waals surface area contributed by atoms with Crippen molar-refractivity contribution in [2.45, 2.75) is 0 Å². The van der Waals surface area contributed by atoms with Crippen molar-refractivity contribution in [3.05, 3.63) is 200 Å². The van der Waals surface area contributed by atoms with E-state index >= 15 is 0 Å². The molecule has 0 unspecified atom stereocenters. The summed E-state index contributed by atoms with van der Waals surface area (Å²) >= 11 is 0. The summed E-state index contributed by atoms with van der Waals surface area (Å²) in [7, 11) is 0. The lowest BCUT2D eigenvalue weighted by Gasteiger charge is -2.28. The van der Waals surface area contributed by atoms with Gasteiger partial charge < -0.3 is 4.90 Å². The highest BCUT2D eigenvalue weighted by atomic mass is 15.1. The smallest absolute Gasteiger partial charge is 0.0546 e. The zero-order chi connectivity index (χ0) is 33.7. The Morgan fingerprint density at radius 3 is 1.47 bits per heavy atom. The second-order valence-corrected chi connectivity index (χ2v) is 13.3. The third-order valence-corrected chi connectivity index (χ3v) is 10.4. The predicted molar refractivity (Wildman–Crippen MR) is 220 cm³/mol. The van der Waals surface area contributed by atoms with Crippen LogP contribution < -0.4 is 4.90 Å². The first-order valence-corrected chi connectivity index (χ1v) is 17.6. The molecule has 0 aliphatic rings. The number of fused-ring (bicyclic) bond motifs is 8. The largest absolute Gasteiger partial charge is 0.310 e. The molecule has 51 heavy (non-hydrogen) atoms. The molecule has 10 rings (SSSR count). The molecule has 0 bridgehead atoms. The molecule has 0 N–H and O–H groups in total. The van der Waals surface area contributed by atoms with Crippen LogP contribution in [0.3, 0.4) is 0 Å². The van der Waals surface area contributed by atoms with Crippen LogP contribution in [-0.4, -0.2) is 0 Å². The van der Waals surface area contributed by atoms with Crippen molar-refractivity contribution < 1.29 is 0 Å². The summed E-state index contributed by atoms with van der Waals surface area (Å²) in [5.41, 5.74) is 8.21. The maximum absolute atomic E-state index is 2.44. The summed E-state index contributed by atoms with van der Waals surface area (Å²) in [5, 5.41) is 12.6. The molecule has 238 valence electrons. The van der Waals surface area contributed by atoms with Gasteiger partial charge in [0.05, 0.1) is 5.69 Å². The lowest BCUT2D eigenvalue weighted by molar-refractivity contribution is 1.30. The molecule has 0 aromatic heterocycles. The Bertz CT molecular complexity index is 2890. The van der Waals surface area contributed by atoms with E-state index in [1.54, 1.807) is 0 Å². The zero-order valence-corrected chi connectivity index (χ0v) is 28.0. The van der Waals surface area contributed by atoms with Gasteiger partial charge in [-0.05, 0) is 102 Å². The second-order valence-electron chi connectivity index (χ2n) is 13.3. The second kappa shape index (κ2) is 12.0. The fraction of sp³-hybridized carbons (Fsp3) is 0. The first kappa shape index (κ1) is 29.2. The highest BCUT2D eigenvalue weighted by molar-refractivity contribution is 6.30. The Hall–Kier alpha value is -6.70. The molecule has 0 saturated carbocycles. The number of hydrogen-bond acceptors (Lipinski definition) is 1. The van der Waals surface area contributed by atoms with Gasteiger partial charge in [-0.2, -0.15) is 0 Å². The molecule has 1 nitrogen and oxygen atoms in total. The quantitative estimate of drug-likeness (QED) is 0.168. The number of rotatable bonds is 5. The van der Waals surface area contributed by atoms with Gasteiger partial charge in [-0.25, -0.2) is 0 Å². The van der Waals surface area contributed by atoms with Crippen molar-refractivity contribution in [2.24, 2.45) is 0 Å². The molecule has 10 aromatic rings. The minimum Gasteiger partial charge on any atom is -0.310 e. The molecular formula is C50H33N. The van der Waals surface area contributed by atoms with Crippen molar-refractivity contribution in [1.82, 2.24) is 0 Å². The van der Waals surface area contributed by atoms with Gasteiger partial charge in [0.1, 0.15) is 0 Å². The zero-order valence-electron chi connectivity index (χ0n) is 28.0. The van der Waals surface area contributed by atoms with E-state index in [0.29, 0.717) is 0 Å². The maximum atomic E-state index is 2.44. The number of hydrogen-bond donors (Lipinski definition) is 0. The number of benzene rings is 10. The SMILES string of the molecule is c1ccc(-c2ccc(N(c3ccc(-c4ccc5ccccc5c4)cc3)c3cc4ccccc4c4c3ccc3ccc5ccccc5c34)cc2)cc1. The Kier molecular flexibility index (Phi) is 6.89. The van der Waals surface area contributed by atoms with Gasteiger partial charge in [-0.1, -0.05) is 164 Å². The van der Waals surface area contributed by atoms with Gasteiger partial charge in [0.15, 0.2) is 0 Å². The minimum absolute atomic E-state index is 1.11. The molecule has 0 amide bonds. The van der Waals surface area contributed by atoms with Crippen LogP contribution in [0.2, 0.25) is 0 Å². The number of nitrogens with zero attached hydrogens (tertiary/aromatic N) is 1. The molecule has 0 radical (unpaired) electrons. The van der Waals surface area contributed by atoms with Gasteiger partial charge in [-0.3, -0.25) is 0 Å². The normalized spacial score (nSPS) is 11.5. The van der Waals surface area contributed by atoms with Gasteiger partial charge >= 0.3 is 0 Å². The van der Waals surface area contributed by atoms with E-state index in [-0.39, 0.29) is 0 Å². The Morgan fingerprint density at radius 2 is 0.745 bits per heavy atom. The standard InChI is InChI=1S/C50H33N/c1-2-10-34(11-3-1)36-22-27-43(28-23-36)51(44-29-24-37(25-30-44)41-21-18-35-12-4-5-14-40(35)32-41)48-33-42-15-7-9-17-46(42)50-47(48)31-26-39-20-19-38-13-6-8-16-45(38)49(39)50/h1-33H. The van der Waals surface area contributed by atoms with Crippen molar-refractivity contribution in [3.8, 4) is 22.3 Å². The van der Waals surface area contributed by atoms with Gasteiger partial charge in [0.25, 0.3) is 0 Å². The van der Waals surface area contributed by atoms with E-state index in [9.17, 15) is 0 Å². The van der Waals surface area contributed by atoms with E-state index in [4.69, 9.17) is 0 Å². The van der Waals surface area contributed by atoms with Crippen LogP contribution in [0.15, 0.2) is 200 Å². The van der Waals surface area contributed by atoms with Crippen LogP contribution in [-0.2, 0) is 0 Å². The lowest BCUT2D eigenvalue weighted by atomic mass is 9.91. The fourth-order valence-electron chi connectivity index (χ4n) is 7.88. The third kappa shape index (κ3) is 5.02. The van der Waals surface area contributed by atoms with Crippen molar-refractivity contribution in [3.63, 3.8) is 0 Å². The monoisotopic (exact) mass is 647 g/mol. The summed E-state index contributed by atoms with van der Waals surface area (Å²) in [4.78, 5) is 2.44. The Morgan fingerprint density at radius 1 is 0.255 bits per heavy atom. The molecule has 0 aliphatic heterocycles.